The van der Waals surface area contributed by atoms with Crippen LogP contribution in [-0.4, -0.2) is 32.6 Å². The zero-order valence-corrected chi connectivity index (χ0v) is 28.2. The van der Waals surface area contributed by atoms with Crippen molar-refractivity contribution in [3.8, 4) is 51.4 Å². The van der Waals surface area contributed by atoms with Gasteiger partial charge in [-0.15, -0.1) is 0 Å². The Bertz CT molecular complexity index is 2540. The van der Waals surface area contributed by atoms with E-state index in [2.05, 4.69) is 12.1 Å². The molecule has 0 bridgehead atoms. The number of esters is 1. The second-order valence-electron chi connectivity index (χ2n) is 11.1. The van der Waals surface area contributed by atoms with Crippen LogP contribution in [0.4, 0.5) is 13.2 Å². The summed E-state index contributed by atoms with van der Waals surface area (Å²) >= 11 is 6.61. The molecule has 6 rings (SSSR count). The number of hydrogen-bond acceptors (Lipinski definition) is 7. The molecule has 0 radical (unpaired) electrons. The summed E-state index contributed by atoms with van der Waals surface area (Å²) in [5.74, 6) is -1.76. The van der Waals surface area contributed by atoms with Crippen LogP contribution >= 0.6 is 11.6 Å². The first-order valence-corrected chi connectivity index (χ1v) is 16.7. The molecule has 8 nitrogen and oxygen atoms in total. The number of alkyl halides is 2. The maximum atomic E-state index is 15.5. The van der Waals surface area contributed by atoms with Crippen LogP contribution in [0.2, 0.25) is 5.02 Å². The van der Waals surface area contributed by atoms with E-state index < -0.39 is 33.8 Å². The Morgan fingerprint density at radius 2 is 1.49 bits per heavy atom. The SMILES string of the molecule is COC(=O)c1ccc(-c2cccc(-c3c(-c4c(C#N)cccc4C#N)c4cc(OC)c(F)cc4n3S(=O)(=O)c3ccc(C(F)F)cc3)c2)c(Cl)c1. The maximum absolute atomic E-state index is 15.5. The van der Waals surface area contributed by atoms with Crippen LogP contribution < -0.4 is 4.74 Å². The van der Waals surface area contributed by atoms with Crippen LogP contribution in [0.25, 0.3) is 44.4 Å². The number of aromatic nitrogens is 1. The van der Waals surface area contributed by atoms with Crippen molar-refractivity contribution in [3.63, 3.8) is 0 Å². The fourth-order valence-corrected chi connectivity index (χ4v) is 7.74. The number of rotatable bonds is 8. The highest BCUT2D eigenvalue weighted by Gasteiger charge is 2.32. The molecule has 0 aliphatic heterocycles. The second kappa shape index (κ2) is 13.7. The summed E-state index contributed by atoms with van der Waals surface area (Å²) in [7, 11) is -2.27. The van der Waals surface area contributed by atoms with E-state index in [9.17, 15) is 32.5 Å². The van der Waals surface area contributed by atoms with Gasteiger partial charge in [-0.05, 0) is 54.1 Å². The summed E-state index contributed by atoms with van der Waals surface area (Å²) in [4.78, 5) is 11.7. The average Bonchev–Trinajstić information content (AvgIpc) is 3.47. The lowest BCUT2D eigenvalue weighted by molar-refractivity contribution is 0.0600. The maximum Gasteiger partial charge on any atom is 0.337 e. The smallest absolute Gasteiger partial charge is 0.337 e. The summed E-state index contributed by atoms with van der Waals surface area (Å²) < 4.78 is 82.8. The molecule has 0 saturated heterocycles. The lowest BCUT2D eigenvalue weighted by atomic mass is 9.90. The molecule has 13 heteroatoms. The molecule has 0 saturated carbocycles. The van der Waals surface area contributed by atoms with Gasteiger partial charge in [0.2, 0.25) is 0 Å². The Balaban J connectivity index is 1.78. The van der Waals surface area contributed by atoms with Gasteiger partial charge >= 0.3 is 5.97 Å². The van der Waals surface area contributed by atoms with Crippen molar-refractivity contribution in [2.75, 3.05) is 14.2 Å². The van der Waals surface area contributed by atoms with E-state index >= 15 is 4.39 Å². The summed E-state index contributed by atoms with van der Waals surface area (Å²) in [6, 6.07) is 25.8. The predicted molar refractivity (Wildman–Crippen MR) is 185 cm³/mol. The zero-order chi connectivity index (χ0) is 36.6. The van der Waals surface area contributed by atoms with Crippen LogP contribution in [0.3, 0.4) is 0 Å². The molecule has 51 heavy (non-hydrogen) atoms. The van der Waals surface area contributed by atoms with Crippen LogP contribution in [0.15, 0.2) is 102 Å². The third-order valence-electron chi connectivity index (χ3n) is 8.26. The monoisotopic (exact) mass is 725 g/mol. The third kappa shape index (κ3) is 6.05. The van der Waals surface area contributed by atoms with Crippen molar-refractivity contribution in [2.24, 2.45) is 0 Å². The van der Waals surface area contributed by atoms with Gasteiger partial charge in [-0.1, -0.05) is 54.1 Å². The van der Waals surface area contributed by atoms with E-state index in [1.165, 1.54) is 50.6 Å². The van der Waals surface area contributed by atoms with Crippen LogP contribution in [0.5, 0.6) is 5.75 Å². The number of ether oxygens (including phenoxy) is 2. The molecule has 0 N–H and O–H groups in total. The van der Waals surface area contributed by atoms with Crippen molar-refractivity contribution in [1.82, 2.24) is 3.97 Å². The topological polar surface area (TPSA) is 122 Å². The molecule has 5 aromatic carbocycles. The highest BCUT2D eigenvalue weighted by Crippen LogP contribution is 2.47. The molecular weight excluding hydrogens is 703 g/mol. The van der Waals surface area contributed by atoms with Gasteiger partial charge in [0.15, 0.2) is 11.6 Å². The van der Waals surface area contributed by atoms with Crippen LogP contribution in [0, 0.1) is 28.5 Å². The summed E-state index contributed by atoms with van der Waals surface area (Å²) in [5, 5.41) is 20.7. The van der Waals surface area contributed by atoms with E-state index in [4.69, 9.17) is 21.1 Å². The summed E-state index contributed by atoms with van der Waals surface area (Å²) in [6.45, 7) is 0. The molecule has 0 amide bonds. The number of carbonyl (C=O) groups excluding carboxylic acids is 1. The van der Waals surface area contributed by atoms with Gasteiger partial charge in [0.05, 0.1) is 59.2 Å². The molecule has 0 aliphatic carbocycles. The third-order valence-corrected chi connectivity index (χ3v) is 10.3. The Morgan fingerprint density at radius 3 is 2.08 bits per heavy atom. The number of nitrogens with zero attached hydrogens (tertiary/aromatic N) is 3. The fraction of sp³-hybridized carbons (Fsp3) is 0.0789. The highest BCUT2D eigenvalue weighted by atomic mass is 35.5. The van der Waals surface area contributed by atoms with Gasteiger partial charge in [0.25, 0.3) is 16.4 Å². The van der Waals surface area contributed by atoms with Crippen LogP contribution in [0.1, 0.15) is 33.5 Å². The van der Waals surface area contributed by atoms with Gasteiger partial charge in [-0.25, -0.2) is 30.4 Å². The lowest BCUT2D eigenvalue weighted by Crippen LogP contribution is -2.14. The van der Waals surface area contributed by atoms with E-state index in [0.717, 1.165) is 34.3 Å². The first kappa shape index (κ1) is 34.8. The van der Waals surface area contributed by atoms with Gasteiger partial charge in [-0.3, -0.25) is 0 Å². The molecule has 254 valence electrons. The molecule has 0 unspecified atom stereocenters. The van der Waals surface area contributed by atoms with Crippen molar-refractivity contribution in [2.45, 2.75) is 11.3 Å². The summed E-state index contributed by atoms with van der Waals surface area (Å²) in [6.07, 6.45) is -2.86. The number of halogens is 4. The molecule has 1 heterocycles. The number of hydrogen-bond donors (Lipinski definition) is 0. The van der Waals surface area contributed by atoms with E-state index in [1.54, 1.807) is 30.3 Å². The van der Waals surface area contributed by atoms with E-state index in [1.807, 2.05) is 0 Å². The molecule has 0 spiro atoms. The van der Waals surface area contributed by atoms with Gasteiger partial charge in [-0.2, -0.15) is 10.5 Å². The minimum absolute atomic E-state index is 0.0222. The first-order chi connectivity index (χ1) is 24.4. The van der Waals surface area contributed by atoms with Crippen molar-refractivity contribution in [1.29, 1.82) is 10.5 Å². The number of fused-ring (bicyclic) bond motifs is 1. The predicted octanol–water partition coefficient (Wildman–Crippen LogP) is 9.15. The number of nitriles is 2. The molecule has 1 aromatic heterocycles. The molecule has 0 atom stereocenters. The van der Waals surface area contributed by atoms with E-state index in [0.29, 0.717) is 11.1 Å². The molecule has 6 aromatic rings. The normalized spacial score (nSPS) is 11.3. The Hall–Kier alpha value is -6.08. The standard InChI is InChI=1S/C38H23ClF3N3O5S/c1-49-33-17-29-32(18-31(33)40)45(51(47,48)27-12-9-21(10-13-27)37(41)42)36(35(29)34-25(19-43)7-4-8-26(34)20-44)23-6-3-5-22(15-23)28-14-11-24(16-30(28)39)38(46)50-2/h3-18,37H,1-2H3. The minimum Gasteiger partial charge on any atom is -0.494 e. The lowest BCUT2D eigenvalue weighted by Gasteiger charge is -2.16. The average molecular weight is 726 g/mol. The fourth-order valence-electron chi connectivity index (χ4n) is 5.91. The molecule has 0 aliphatic rings. The van der Waals surface area contributed by atoms with Gasteiger partial charge in [0, 0.05) is 44.3 Å². The van der Waals surface area contributed by atoms with E-state index in [-0.39, 0.29) is 65.6 Å². The van der Waals surface area contributed by atoms with Crippen molar-refractivity contribution in [3.05, 3.63) is 130 Å². The number of methoxy groups -OCH3 is 2. The zero-order valence-electron chi connectivity index (χ0n) is 26.6. The number of benzene rings is 5. The quantitative estimate of drug-likeness (QED) is 0.143. The Labute approximate surface area is 295 Å². The summed E-state index contributed by atoms with van der Waals surface area (Å²) in [5.41, 5.74) is 0.917. The minimum atomic E-state index is -4.73. The highest BCUT2D eigenvalue weighted by molar-refractivity contribution is 7.90. The first-order valence-electron chi connectivity index (χ1n) is 14.9. The molecule has 0 fully saturated rings. The van der Waals surface area contributed by atoms with Gasteiger partial charge < -0.3 is 9.47 Å². The van der Waals surface area contributed by atoms with Crippen LogP contribution in [-0.2, 0) is 14.8 Å². The largest absolute Gasteiger partial charge is 0.494 e. The van der Waals surface area contributed by atoms with Gasteiger partial charge in [0.1, 0.15) is 0 Å². The van der Waals surface area contributed by atoms with Crippen molar-refractivity contribution < 1.29 is 35.9 Å². The Kier molecular flexibility index (Phi) is 9.32. The Morgan fingerprint density at radius 1 is 0.843 bits per heavy atom. The number of carbonyl (C=O) groups is 1. The van der Waals surface area contributed by atoms with Crippen molar-refractivity contribution >= 4 is 38.5 Å². The second-order valence-corrected chi connectivity index (χ2v) is 13.3. The molecular formula is C38H23ClF3N3O5S.